The maximum atomic E-state index is 4.74. The first-order valence-corrected chi connectivity index (χ1v) is 9.95. The van der Waals surface area contributed by atoms with Gasteiger partial charge in [-0.2, -0.15) is 0 Å². The average molecular weight is 369 g/mol. The third kappa shape index (κ3) is 5.10. The van der Waals surface area contributed by atoms with E-state index in [0.29, 0.717) is 24.5 Å². The number of benzene rings is 1. The molecule has 6 heteroatoms. The fraction of sp³-hybridized carbons (Fsp3) is 0.524. The maximum Gasteiger partial charge on any atom is 0.191 e. The lowest BCUT2D eigenvalue weighted by molar-refractivity contribution is 0.265. The summed E-state index contributed by atoms with van der Waals surface area (Å²) < 4.78 is 0. The van der Waals surface area contributed by atoms with Gasteiger partial charge in [0.05, 0.1) is 11.9 Å². The van der Waals surface area contributed by atoms with Gasteiger partial charge in [-0.3, -0.25) is 4.90 Å². The largest absolute Gasteiger partial charge is 0.357 e. The lowest BCUT2D eigenvalue weighted by Gasteiger charge is -2.21. The molecule has 1 saturated heterocycles. The maximum absolute atomic E-state index is 4.74. The summed E-state index contributed by atoms with van der Waals surface area (Å²) >= 11 is 0. The molecule has 0 saturated carbocycles. The first-order chi connectivity index (χ1) is 13.1. The number of rotatable bonds is 6. The van der Waals surface area contributed by atoms with Crippen molar-refractivity contribution in [1.29, 1.82) is 0 Å². The van der Waals surface area contributed by atoms with E-state index in [4.69, 9.17) is 4.99 Å². The highest BCUT2D eigenvalue weighted by Gasteiger charge is 2.31. The van der Waals surface area contributed by atoms with E-state index in [1.165, 1.54) is 0 Å². The van der Waals surface area contributed by atoms with Crippen LogP contribution in [-0.4, -0.2) is 52.5 Å². The summed E-state index contributed by atoms with van der Waals surface area (Å²) in [6.07, 6.45) is 1.88. The number of hydrogen-bond acceptors (Lipinski definition) is 3. The average Bonchev–Trinajstić information content (AvgIpc) is 3.28. The van der Waals surface area contributed by atoms with E-state index in [1.54, 1.807) is 0 Å². The zero-order valence-corrected chi connectivity index (χ0v) is 16.9. The Morgan fingerprint density at radius 2 is 2.07 bits per heavy atom. The van der Waals surface area contributed by atoms with E-state index in [0.717, 1.165) is 42.7 Å². The summed E-state index contributed by atoms with van der Waals surface area (Å²) in [5.41, 5.74) is 2.16. The van der Waals surface area contributed by atoms with Crippen LogP contribution in [0.25, 0.3) is 11.3 Å². The van der Waals surface area contributed by atoms with Crippen molar-refractivity contribution in [1.82, 2.24) is 25.5 Å². The molecule has 0 aliphatic carbocycles. The quantitative estimate of drug-likeness (QED) is 0.542. The minimum absolute atomic E-state index is 0.418. The smallest absolute Gasteiger partial charge is 0.191 e. The van der Waals surface area contributed by atoms with E-state index in [9.17, 15) is 0 Å². The third-order valence-corrected chi connectivity index (χ3v) is 5.14. The monoisotopic (exact) mass is 368 g/mol. The summed E-state index contributed by atoms with van der Waals surface area (Å²) in [4.78, 5) is 15.1. The number of imidazole rings is 1. The molecule has 0 spiro atoms. The molecule has 27 heavy (non-hydrogen) atoms. The highest BCUT2D eigenvalue weighted by Crippen LogP contribution is 2.19. The molecule has 1 aromatic carbocycles. The van der Waals surface area contributed by atoms with Crippen LogP contribution in [-0.2, 0) is 6.54 Å². The van der Waals surface area contributed by atoms with Crippen LogP contribution in [0.4, 0.5) is 0 Å². The molecule has 2 unspecified atom stereocenters. The van der Waals surface area contributed by atoms with Crippen molar-refractivity contribution in [2.45, 2.75) is 46.3 Å². The Balaban J connectivity index is 1.63. The van der Waals surface area contributed by atoms with Crippen LogP contribution in [0.1, 0.15) is 33.5 Å². The van der Waals surface area contributed by atoms with Crippen molar-refractivity contribution in [3.63, 3.8) is 0 Å². The fourth-order valence-corrected chi connectivity index (χ4v) is 3.47. The number of H-pyrrole nitrogens is 1. The lowest BCUT2D eigenvalue weighted by atomic mass is 10.1. The molecule has 3 rings (SSSR count). The first-order valence-electron chi connectivity index (χ1n) is 9.95. The number of hydrogen-bond donors (Lipinski definition) is 3. The van der Waals surface area contributed by atoms with Gasteiger partial charge < -0.3 is 15.6 Å². The van der Waals surface area contributed by atoms with Gasteiger partial charge in [-0.1, -0.05) is 37.3 Å². The topological polar surface area (TPSA) is 68.3 Å². The minimum atomic E-state index is 0.418. The number of aromatic nitrogens is 2. The van der Waals surface area contributed by atoms with Crippen LogP contribution >= 0.6 is 0 Å². The molecule has 2 heterocycles. The molecule has 0 bridgehead atoms. The van der Waals surface area contributed by atoms with E-state index >= 15 is 0 Å². The molecule has 2 atom stereocenters. The summed E-state index contributed by atoms with van der Waals surface area (Å²) in [5.74, 6) is 2.33. The van der Waals surface area contributed by atoms with Gasteiger partial charge >= 0.3 is 0 Å². The van der Waals surface area contributed by atoms with Crippen molar-refractivity contribution in [3.05, 3.63) is 42.4 Å². The van der Waals surface area contributed by atoms with Crippen LogP contribution in [0.3, 0.4) is 0 Å². The van der Waals surface area contributed by atoms with E-state index in [-0.39, 0.29) is 0 Å². The number of likely N-dealkylation sites (tertiary alicyclic amines) is 1. The molecule has 3 N–H and O–H groups in total. The van der Waals surface area contributed by atoms with Gasteiger partial charge in [-0.05, 0) is 32.3 Å². The minimum Gasteiger partial charge on any atom is -0.357 e. The zero-order chi connectivity index (χ0) is 19.2. The Kier molecular flexibility index (Phi) is 6.50. The predicted molar refractivity (Wildman–Crippen MR) is 112 cm³/mol. The third-order valence-electron chi connectivity index (χ3n) is 5.14. The van der Waals surface area contributed by atoms with Gasteiger partial charge in [-0.15, -0.1) is 0 Å². The lowest BCUT2D eigenvalue weighted by Crippen LogP contribution is -2.46. The second-order valence-corrected chi connectivity index (χ2v) is 7.58. The molecule has 1 aromatic heterocycles. The van der Waals surface area contributed by atoms with Crippen molar-refractivity contribution >= 4 is 5.96 Å². The molecular weight excluding hydrogens is 336 g/mol. The van der Waals surface area contributed by atoms with Crippen LogP contribution in [0.15, 0.2) is 41.5 Å². The summed E-state index contributed by atoms with van der Waals surface area (Å²) in [7, 11) is 0. The number of nitrogens with zero attached hydrogens (tertiary/aromatic N) is 3. The Labute approximate surface area is 162 Å². The second kappa shape index (κ2) is 9.04. The van der Waals surface area contributed by atoms with E-state index in [1.807, 2.05) is 24.4 Å². The second-order valence-electron chi connectivity index (χ2n) is 7.58. The van der Waals surface area contributed by atoms with Crippen molar-refractivity contribution in [3.8, 4) is 11.3 Å². The molecule has 1 fully saturated rings. The number of aliphatic imine (C=N–C) groups is 1. The molecule has 6 nitrogen and oxygen atoms in total. The molecule has 1 aliphatic heterocycles. The molecular formula is C21H32N6. The van der Waals surface area contributed by atoms with Gasteiger partial charge in [0, 0.05) is 31.7 Å². The van der Waals surface area contributed by atoms with E-state index in [2.05, 4.69) is 65.3 Å². The van der Waals surface area contributed by atoms with Crippen molar-refractivity contribution in [2.24, 2.45) is 10.9 Å². The van der Waals surface area contributed by atoms with Crippen LogP contribution in [0, 0.1) is 5.92 Å². The van der Waals surface area contributed by atoms with Crippen molar-refractivity contribution < 1.29 is 0 Å². The normalized spacial score (nSPS) is 21.0. The molecule has 0 amide bonds. The highest BCUT2D eigenvalue weighted by molar-refractivity contribution is 5.80. The Morgan fingerprint density at radius 1 is 1.30 bits per heavy atom. The van der Waals surface area contributed by atoms with Crippen molar-refractivity contribution in [2.75, 3.05) is 19.6 Å². The predicted octanol–water partition coefficient (Wildman–Crippen LogP) is 2.86. The van der Waals surface area contributed by atoms with Gasteiger partial charge in [0.25, 0.3) is 0 Å². The van der Waals surface area contributed by atoms with Crippen LogP contribution < -0.4 is 10.6 Å². The Bertz CT molecular complexity index is 736. The number of guanidine groups is 1. The first kappa shape index (κ1) is 19.4. The van der Waals surface area contributed by atoms with Gasteiger partial charge in [0.2, 0.25) is 0 Å². The number of aromatic amines is 1. The van der Waals surface area contributed by atoms with Crippen LogP contribution in [0.5, 0.6) is 0 Å². The van der Waals surface area contributed by atoms with E-state index < -0.39 is 0 Å². The molecule has 2 aromatic rings. The molecule has 1 aliphatic rings. The fourth-order valence-electron chi connectivity index (χ4n) is 3.47. The Morgan fingerprint density at radius 3 is 2.74 bits per heavy atom. The van der Waals surface area contributed by atoms with Crippen LogP contribution in [0.2, 0.25) is 0 Å². The summed E-state index contributed by atoms with van der Waals surface area (Å²) in [6, 6.07) is 11.2. The SMILES string of the molecule is CCNC(=NCc1ncc(-c2ccccc2)[nH]1)NC1CN(C(C)C)CC1C. The highest BCUT2D eigenvalue weighted by atomic mass is 15.3. The molecule has 0 radical (unpaired) electrons. The Hall–Kier alpha value is -2.34. The van der Waals surface area contributed by atoms with Gasteiger partial charge in [-0.25, -0.2) is 9.98 Å². The summed E-state index contributed by atoms with van der Waals surface area (Å²) in [6.45, 7) is 12.5. The molecule has 146 valence electrons. The zero-order valence-electron chi connectivity index (χ0n) is 16.9. The standard InChI is InChI=1S/C21H32N6/c1-5-22-21(26-19-14-27(15(2)3)13-16(19)4)24-12-20-23-11-18(25-20)17-9-7-6-8-10-17/h6-11,15-16,19H,5,12-14H2,1-4H3,(H,23,25)(H2,22,24,26). The number of nitrogens with one attached hydrogen (secondary N) is 3. The summed E-state index contributed by atoms with van der Waals surface area (Å²) in [5, 5.41) is 6.98. The van der Waals surface area contributed by atoms with Gasteiger partial charge in [0.15, 0.2) is 5.96 Å². The van der Waals surface area contributed by atoms with Gasteiger partial charge in [0.1, 0.15) is 12.4 Å².